The molecule has 1 saturated heterocycles. The molecule has 206 valence electrons. The van der Waals surface area contributed by atoms with Gasteiger partial charge in [0.1, 0.15) is 23.9 Å². The van der Waals surface area contributed by atoms with Crippen LogP contribution in [-0.4, -0.2) is 79.2 Å². The van der Waals surface area contributed by atoms with Gasteiger partial charge in [-0.15, -0.1) is 0 Å². The van der Waals surface area contributed by atoms with Gasteiger partial charge in [-0.05, 0) is 39.1 Å². The molecule has 1 aliphatic heterocycles. The summed E-state index contributed by atoms with van der Waals surface area (Å²) in [7, 11) is 2.98. The van der Waals surface area contributed by atoms with Gasteiger partial charge in [0.15, 0.2) is 6.23 Å². The fraction of sp³-hybridized carbons (Fsp3) is 0.762. The zero-order valence-corrected chi connectivity index (χ0v) is 23.1. The Hall–Kier alpha value is -1.51. The Bertz CT molecular complexity index is 1050. The summed E-state index contributed by atoms with van der Waals surface area (Å²) in [6, 6.07) is 0. The molecule has 1 aliphatic rings. The molecule has 0 bridgehead atoms. The average Bonchev–Trinajstić information content (AvgIpc) is 3.15. The minimum atomic E-state index is -3.75. The summed E-state index contributed by atoms with van der Waals surface area (Å²) < 4.78 is 49.2. The van der Waals surface area contributed by atoms with Crippen molar-refractivity contribution in [2.75, 3.05) is 39.8 Å². The van der Waals surface area contributed by atoms with Crippen LogP contribution in [0.1, 0.15) is 39.0 Å². The fourth-order valence-corrected chi connectivity index (χ4v) is 7.66. The number of aryl methyl sites for hydroxylation is 1. The summed E-state index contributed by atoms with van der Waals surface area (Å²) in [6.07, 6.45) is -2.09. The minimum Gasteiger partial charge on any atom is -0.382 e. The maximum Gasteiger partial charge on any atom is 0.389 e. The highest BCUT2D eigenvalue weighted by Gasteiger charge is 2.55. The number of amides is 1. The lowest BCUT2D eigenvalue weighted by Gasteiger charge is -2.36. The van der Waals surface area contributed by atoms with Crippen LogP contribution in [0.3, 0.4) is 0 Å². The number of carbonyl (C=O) groups is 1. The van der Waals surface area contributed by atoms with E-state index in [0.29, 0.717) is 5.56 Å². The van der Waals surface area contributed by atoms with Gasteiger partial charge in [-0.3, -0.25) is 23.7 Å². The number of hydrogen-bond donors (Lipinski definition) is 2. The van der Waals surface area contributed by atoms with Crippen LogP contribution in [0, 0.1) is 6.92 Å². The first-order chi connectivity index (χ1) is 16.9. The number of nitrogens with one attached hydrogen (secondary N) is 1. The largest absolute Gasteiger partial charge is 0.389 e. The van der Waals surface area contributed by atoms with Gasteiger partial charge in [0, 0.05) is 38.2 Å². The highest BCUT2D eigenvalue weighted by atomic mass is 32.7. The number of nitrogens with zero attached hydrogens (tertiary/aromatic N) is 1. The van der Waals surface area contributed by atoms with Gasteiger partial charge < -0.3 is 29.2 Å². The van der Waals surface area contributed by atoms with Crippen LogP contribution in [0.5, 0.6) is 0 Å². The molecule has 2 heterocycles. The molecule has 0 spiro atoms. The number of rotatable bonds is 15. The lowest BCUT2D eigenvalue weighted by Crippen LogP contribution is -2.48. The maximum absolute atomic E-state index is 13.5. The third kappa shape index (κ3) is 7.75. The molecular weight excluding hydrogens is 517 g/mol. The van der Waals surface area contributed by atoms with Gasteiger partial charge in [0.2, 0.25) is 5.91 Å². The molecule has 0 aromatic carbocycles. The summed E-state index contributed by atoms with van der Waals surface area (Å²) in [5.41, 5.74) is 3.02. The summed E-state index contributed by atoms with van der Waals surface area (Å²) in [4.78, 5) is 38.0. The summed E-state index contributed by atoms with van der Waals surface area (Å²) in [5.74, 6) is -0.400. The van der Waals surface area contributed by atoms with Gasteiger partial charge in [-0.1, -0.05) is 0 Å². The van der Waals surface area contributed by atoms with Crippen LogP contribution in [-0.2, 0) is 37.4 Å². The van der Waals surface area contributed by atoms with Crippen LogP contribution < -0.4 is 17.0 Å². The monoisotopic (exact) mass is 553 g/mol. The molecule has 13 nitrogen and oxygen atoms in total. The summed E-state index contributed by atoms with van der Waals surface area (Å²) >= 11 is 0.863. The van der Waals surface area contributed by atoms with Crippen LogP contribution in [0.15, 0.2) is 15.8 Å². The first kappa shape index (κ1) is 30.7. The second-order valence-electron chi connectivity index (χ2n) is 8.56. The van der Waals surface area contributed by atoms with Crippen molar-refractivity contribution in [3.8, 4) is 0 Å². The third-order valence-corrected chi connectivity index (χ3v) is 9.40. The van der Waals surface area contributed by atoms with Crippen molar-refractivity contribution < 1.29 is 37.4 Å². The van der Waals surface area contributed by atoms with E-state index < -0.39 is 54.1 Å². The van der Waals surface area contributed by atoms with Crippen molar-refractivity contribution in [2.24, 2.45) is 5.73 Å². The topological polar surface area (TPSA) is 170 Å². The normalized spacial score (nSPS) is 24.1. The van der Waals surface area contributed by atoms with E-state index in [1.54, 1.807) is 27.7 Å². The van der Waals surface area contributed by atoms with E-state index in [-0.39, 0.29) is 32.0 Å². The van der Waals surface area contributed by atoms with E-state index in [1.807, 2.05) is 0 Å². The Morgan fingerprint density at radius 2 is 1.97 bits per heavy atom. The molecule has 1 aromatic heterocycles. The van der Waals surface area contributed by atoms with E-state index in [2.05, 4.69) is 4.98 Å². The lowest BCUT2D eigenvalue weighted by atomic mass is 9.95. The zero-order valence-electron chi connectivity index (χ0n) is 21.4. The van der Waals surface area contributed by atoms with Crippen LogP contribution >= 0.6 is 18.2 Å². The van der Waals surface area contributed by atoms with Gasteiger partial charge in [-0.25, -0.2) is 9.36 Å². The van der Waals surface area contributed by atoms with Gasteiger partial charge in [0.25, 0.3) is 5.56 Å². The van der Waals surface area contributed by atoms with Crippen LogP contribution in [0.2, 0.25) is 0 Å². The molecule has 5 atom stereocenters. The number of hydrogen-bond acceptors (Lipinski definition) is 11. The Balaban J connectivity index is 2.42. The maximum atomic E-state index is 13.5. The standard InChI is InChI=1S/C21H36N3O10PS/c1-7-32-35(28,36-11-8-14(22)25)34-21(3,4)17-15(30-6)16(31-10-9-29-5)19(33-17)24-12-13(2)18(26)23-20(24)27/h12,15-17,19H,7-11H2,1-6H3,(H2,22,25)(H,23,26,27)/t15-,16+,17?,19+,35?/m0/s1. The Labute approximate surface area is 213 Å². The molecule has 15 heteroatoms. The van der Waals surface area contributed by atoms with Crippen LogP contribution in [0.4, 0.5) is 0 Å². The number of methoxy groups -OCH3 is 2. The van der Waals surface area contributed by atoms with Crippen LogP contribution in [0.25, 0.3) is 0 Å². The molecule has 2 unspecified atom stereocenters. The molecule has 3 N–H and O–H groups in total. The van der Waals surface area contributed by atoms with Crippen molar-refractivity contribution in [3.05, 3.63) is 32.6 Å². The highest BCUT2D eigenvalue weighted by molar-refractivity contribution is 8.55. The molecule has 0 radical (unpaired) electrons. The van der Waals surface area contributed by atoms with Crippen molar-refractivity contribution in [2.45, 2.75) is 64.3 Å². The zero-order chi connectivity index (χ0) is 27.1. The number of ether oxygens (including phenoxy) is 4. The van der Waals surface area contributed by atoms with Crippen molar-refractivity contribution in [1.82, 2.24) is 9.55 Å². The summed E-state index contributed by atoms with van der Waals surface area (Å²) in [6.45, 7) is 3.34. The summed E-state index contributed by atoms with van der Waals surface area (Å²) in [5, 5.41) is 0. The first-order valence-electron chi connectivity index (χ1n) is 11.4. The number of aromatic amines is 1. The molecule has 36 heavy (non-hydrogen) atoms. The predicted molar refractivity (Wildman–Crippen MR) is 133 cm³/mol. The van der Waals surface area contributed by atoms with Crippen molar-refractivity contribution in [1.29, 1.82) is 0 Å². The Morgan fingerprint density at radius 3 is 2.56 bits per heavy atom. The van der Waals surface area contributed by atoms with Crippen molar-refractivity contribution in [3.63, 3.8) is 0 Å². The first-order valence-corrected chi connectivity index (χ1v) is 14.5. The second kappa shape index (κ2) is 13.3. The average molecular weight is 554 g/mol. The molecule has 1 amide bonds. The van der Waals surface area contributed by atoms with Gasteiger partial charge in [-0.2, -0.15) is 0 Å². The van der Waals surface area contributed by atoms with E-state index in [4.69, 9.17) is 33.7 Å². The number of aromatic nitrogens is 2. The third-order valence-electron chi connectivity index (χ3n) is 5.40. The van der Waals surface area contributed by atoms with E-state index >= 15 is 0 Å². The number of primary amides is 1. The Morgan fingerprint density at radius 1 is 1.28 bits per heavy atom. The van der Waals surface area contributed by atoms with Gasteiger partial charge >= 0.3 is 12.5 Å². The Kier molecular flexibility index (Phi) is 11.4. The number of H-pyrrole nitrogens is 1. The molecule has 1 fully saturated rings. The highest BCUT2D eigenvalue weighted by Crippen LogP contribution is 2.63. The molecular formula is C21H36N3O10PS. The molecule has 0 saturated carbocycles. The van der Waals surface area contributed by atoms with Crippen molar-refractivity contribution >= 4 is 24.1 Å². The molecule has 2 rings (SSSR count). The van der Waals surface area contributed by atoms with E-state index in [9.17, 15) is 18.9 Å². The van der Waals surface area contributed by atoms with Gasteiger partial charge in [0.05, 0.1) is 19.8 Å². The van der Waals surface area contributed by atoms with E-state index in [1.165, 1.54) is 25.0 Å². The smallest absolute Gasteiger partial charge is 0.382 e. The second-order valence-corrected chi connectivity index (χ2v) is 12.7. The number of nitrogens with two attached hydrogens (primary N) is 1. The quantitative estimate of drug-likeness (QED) is 0.237. The van der Waals surface area contributed by atoms with E-state index in [0.717, 1.165) is 11.4 Å². The molecule has 0 aliphatic carbocycles. The SMILES string of the molecule is CCOP(=O)(OC(C)(C)C1O[C@@H](n2cc(C)c(=O)[nH]c2=O)[C@H](OCCOC)[C@@H]1OC)SCCC(N)=O. The minimum absolute atomic E-state index is 0.00188. The number of carbonyl (C=O) groups excluding carboxylic acids is 1. The lowest BCUT2D eigenvalue weighted by molar-refractivity contribution is -0.119. The predicted octanol–water partition coefficient (Wildman–Crippen LogP) is 1.34. The fourth-order valence-electron chi connectivity index (χ4n) is 3.75. The molecule has 1 aromatic rings.